The van der Waals surface area contributed by atoms with E-state index in [1.165, 1.54) is 0 Å². The number of rotatable bonds is 2. The normalized spacial score (nSPS) is 14.6. The number of nitrogens with two attached hydrogens (primary N) is 1. The Morgan fingerprint density at radius 2 is 1.35 bits per heavy atom. The van der Waals surface area contributed by atoms with Crippen LogP contribution in [0.25, 0.3) is 33.0 Å². The van der Waals surface area contributed by atoms with Crippen molar-refractivity contribution in [1.82, 2.24) is 15.3 Å². The third-order valence-electron chi connectivity index (χ3n) is 4.76. The molecule has 26 heavy (non-hydrogen) atoms. The summed E-state index contributed by atoms with van der Waals surface area (Å²) < 4.78 is 0. The molecule has 0 aliphatic carbocycles. The summed E-state index contributed by atoms with van der Waals surface area (Å²) in [5.41, 5.74) is 10.4. The maximum Gasteiger partial charge on any atom is 0.259 e. The molecule has 0 fully saturated rings. The van der Waals surface area contributed by atoms with Gasteiger partial charge in [-0.3, -0.25) is 14.9 Å². The van der Waals surface area contributed by atoms with Crippen molar-refractivity contribution in [3.63, 3.8) is 0 Å². The average Bonchev–Trinajstić information content (AvgIpc) is 3.29. The predicted molar refractivity (Wildman–Crippen MR) is 101 cm³/mol. The highest BCUT2D eigenvalue weighted by atomic mass is 16.2. The Kier molecular flexibility index (Phi) is 2.85. The molecule has 1 aliphatic heterocycles. The Labute approximate surface area is 147 Å². The maximum atomic E-state index is 12.6. The van der Waals surface area contributed by atoms with Crippen molar-refractivity contribution in [1.29, 1.82) is 0 Å². The molecule has 1 aliphatic rings. The number of carbonyl (C=O) groups excluding carboxylic acids is 2. The van der Waals surface area contributed by atoms with Gasteiger partial charge in [-0.15, -0.1) is 0 Å². The number of fused-ring (bicyclic) bond motifs is 2. The zero-order valence-corrected chi connectivity index (χ0v) is 13.6. The van der Waals surface area contributed by atoms with E-state index in [0.29, 0.717) is 28.0 Å². The highest BCUT2D eigenvalue weighted by molar-refractivity contribution is 6.50. The molecule has 4 aromatic rings. The number of imide groups is 1. The average molecular weight is 342 g/mol. The second kappa shape index (κ2) is 5.10. The van der Waals surface area contributed by atoms with Crippen LogP contribution in [0.4, 0.5) is 5.69 Å². The molecular weight excluding hydrogens is 328 g/mol. The van der Waals surface area contributed by atoms with Crippen molar-refractivity contribution in [2.75, 3.05) is 5.73 Å². The van der Waals surface area contributed by atoms with E-state index in [2.05, 4.69) is 15.3 Å². The summed E-state index contributed by atoms with van der Waals surface area (Å²) in [5.74, 6) is -0.799. The van der Waals surface area contributed by atoms with Gasteiger partial charge in [-0.2, -0.15) is 0 Å². The van der Waals surface area contributed by atoms with Gasteiger partial charge < -0.3 is 15.7 Å². The standard InChI is InChI=1S/C20H14N4O2/c21-10-5-6-16-12(7-10)14(9-23-16)18-17(19(25)24-20(18)26)13-8-22-15-4-2-1-3-11(13)15/h1-9,22-23H,21H2,(H,24,25,26). The van der Waals surface area contributed by atoms with E-state index in [9.17, 15) is 9.59 Å². The fourth-order valence-electron chi connectivity index (χ4n) is 3.59. The van der Waals surface area contributed by atoms with Crippen LogP contribution in [0.2, 0.25) is 0 Å². The van der Waals surface area contributed by atoms with Gasteiger partial charge in [-0.05, 0) is 24.3 Å². The van der Waals surface area contributed by atoms with Crippen molar-refractivity contribution in [2.45, 2.75) is 0 Å². The lowest BCUT2D eigenvalue weighted by molar-refractivity contribution is -0.122. The summed E-state index contributed by atoms with van der Waals surface area (Å²) in [6.07, 6.45) is 3.51. The number of hydrogen-bond donors (Lipinski definition) is 4. The number of aromatic amines is 2. The Hall–Kier alpha value is -3.80. The second-order valence-corrected chi connectivity index (χ2v) is 6.29. The summed E-state index contributed by atoms with van der Waals surface area (Å²) in [6.45, 7) is 0. The van der Waals surface area contributed by atoms with Crippen LogP contribution in [0.3, 0.4) is 0 Å². The molecule has 5 N–H and O–H groups in total. The van der Waals surface area contributed by atoms with Gasteiger partial charge in [0.1, 0.15) is 0 Å². The lowest BCUT2D eigenvalue weighted by Gasteiger charge is -2.03. The number of nitrogen functional groups attached to an aromatic ring is 1. The summed E-state index contributed by atoms with van der Waals surface area (Å²) in [4.78, 5) is 31.5. The van der Waals surface area contributed by atoms with E-state index in [-0.39, 0.29) is 0 Å². The van der Waals surface area contributed by atoms with Gasteiger partial charge in [0.2, 0.25) is 0 Å². The van der Waals surface area contributed by atoms with Gasteiger partial charge in [0, 0.05) is 51.0 Å². The molecule has 0 saturated heterocycles. The van der Waals surface area contributed by atoms with Gasteiger partial charge in [0.15, 0.2) is 0 Å². The SMILES string of the molecule is Nc1ccc2[nH]cc(C3=C(c4c[nH]c5ccccc45)C(=O)NC3=O)c2c1. The molecule has 6 nitrogen and oxygen atoms in total. The lowest BCUT2D eigenvalue weighted by Crippen LogP contribution is -2.22. The highest BCUT2D eigenvalue weighted by Crippen LogP contribution is 2.37. The van der Waals surface area contributed by atoms with Crippen LogP contribution in [0.15, 0.2) is 54.9 Å². The molecule has 2 aromatic heterocycles. The van der Waals surface area contributed by atoms with Crippen LogP contribution in [0.5, 0.6) is 0 Å². The van der Waals surface area contributed by atoms with E-state index in [1.807, 2.05) is 30.3 Å². The quantitative estimate of drug-likeness (QED) is 0.333. The number of amides is 2. The second-order valence-electron chi connectivity index (χ2n) is 6.29. The first-order valence-electron chi connectivity index (χ1n) is 8.17. The minimum atomic E-state index is -0.404. The molecule has 2 aromatic carbocycles. The van der Waals surface area contributed by atoms with Gasteiger partial charge in [-0.1, -0.05) is 18.2 Å². The van der Waals surface area contributed by atoms with Crippen LogP contribution >= 0.6 is 0 Å². The minimum Gasteiger partial charge on any atom is -0.399 e. The fourth-order valence-corrected chi connectivity index (χ4v) is 3.59. The monoisotopic (exact) mass is 342 g/mol. The maximum absolute atomic E-state index is 12.6. The van der Waals surface area contributed by atoms with Crippen LogP contribution in [0.1, 0.15) is 11.1 Å². The first-order chi connectivity index (χ1) is 12.6. The zero-order valence-electron chi connectivity index (χ0n) is 13.6. The van der Waals surface area contributed by atoms with Crippen molar-refractivity contribution < 1.29 is 9.59 Å². The van der Waals surface area contributed by atoms with E-state index in [1.54, 1.807) is 24.5 Å². The number of anilines is 1. The summed E-state index contributed by atoms with van der Waals surface area (Å²) >= 11 is 0. The Morgan fingerprint density at radius 1 is 0.731 bits per heavy atom. The number of nitrogens with one attached hydrogen (secondary N) is 3. The first-order valence-corrected chi connectivity index (χ1v) is 8.17. The molecule has 0 saturated carbocycles. The summed E-state index contributed by atoms with van der Waals surface area (Å²) in [7, 11) is 0. The van der Waals surface area contributed by atoms with Crippen molar-refractivity contribution in [3.05, 3.63) is 66.0 Å². The summed E-state index contributed by atoms with van der Waals surface area (Å²) in [6, 6.07) is 13.1. The molecule has 0 spiro atoms. The molecule has 126 valence electrons. The zero-order chi connectivity index (χ0) is 17.8. The molecule has 0 bridgehead atoms. The van der Waals surface area contributed by atoms with Crippen LogP contribution in [-0.4, -0.2) is 21.8 Å². The smallest absolute Gasteiger partial charge is 0.259 e. The van der Waals surface area contributed by atoms with E-state index >= 15 is 0 Å². The van der Waals surface area contributed by atoms with Crippen LogP contribution in [-0.2, 0) is 9.59 Å². The number of para-hydroxylation sites is 1. The number of benzene rings is 2. The Morgan fingerprint density at radius 3 is 2.08 bits per heavy atom. The van der Waals surface area contributed by atoms with Crippen LogP contribution in [0, 0.1) is 0 Å². The molecule has 3 heterocycles. The Bertz CT molecular complexity index is 1260. The molecule has 2 amide bonds. The topological polar surface area (TPSA) is 104 Å². The lowest BCUT2D eigenvalue weighted by atomic mass is 9.95. The van der Waals surface area contributed by atoms with Gasteiger partial charge in [0.25, 0.3) is 11.8 Å². The Balaban J connectivity index is 1.85. The molecular formula is C20H14N4O2. The summed E-state index contributed by atoms with van der Waals surface area (Å²) in [5, 5.41) is 4.13. The van der Waals surface area contributed by atoms with E-state index in [4.69, 9.17) is 5.73 Å². The molecule has 6 heteroatoms. The molecule has 0 radical (unpaired) electrons. The van der Waals surface area contributed by atoms with Gasteiger partial charge in [-0.25, -0.2) is 0 Å². The number of aromatic nitrogens is 2. The first kappa shape index (κ1) is 14.5. The van der Waals surface area contributed by atoms with Crippen molar-refractivity contribution in [3.8, 4) is 0 Å². The highest BCUT2D eigenvalue weighted by Gasteiger charge is 2.34. The number of H-pyrrole nitrogens is 2. The third kappa shape index (κ3) is 1.92. The van der Waals surface area contributed by atoms with E-state index < -0.39 is 11.8 Å². The van der Waals surface area contributed by atoms with Crippen molar-refractivity contribution in [2.24, 2.45) is 0 Å². The predicted octanol–water partition coefficient (Wildman–Crippen LogP) is 2.80. The van der Waals surface area contributed by atoms with E-state index in [0.717, 1.165) is 21.8 Å². The molecule has 0 atom stereocenters. The fraction of sp³-hybridized carbons (Fsp3) is 0. The minimum absolute atomic E-state index is 0.358. The number of carbonyl (C=O) groups is 2. The molecule has 5 rings (SSSR count). The van der Waals surface area contributed by atoms with Crippen molar-refractivity contribution >= 4 is 50.5 Å². The third-order valence-corrected chi connectivity index (χ3v) is 4.76. The number of hydrogen-bond acceptors (Lipinski definition) is 3. The van der Waals surface area contributed by atoms with Gasteiger partial charge >= 0.3 is 0 Å². The van der Waals surface area contributed by atoms with Gasteiger partial charge in [0.05, 0.1) is 11.1 Å². The van der Waals surface area contributed by atoms with Crippen LogP contribution < -0.4 is 11.1 Å². The largest absolute Gasteiger partial charge is 0.399 e. The molecule has 0 unspecified atom stereocenters.